The van der Waals surface area contributed by atoms with Crippen molar-refractivity contribution in [3.8, 4) is 17.4 Å². The molecule has 14 nitrogen and oxygen atoms in total. The zero-order chi connectivity index (χ0) is 44.8. The number of fused-ring (bicyclic) bond motifs is 3. The van der Waals surface area contributed by atoms with E-state index in [-0.39, 0.29) is 66.9 Å². The number of hydrogen-bond donors (Lipinski definition) is 1. The van der Waals surface area contributed by atoms with Crippen LogP contribution in [0.25, 0.3) is 10.9 Å². The second-order valence-corrected chi connectivity index (χ2v) is 19.7. The third-order valence-electron chi connectivity index (χ3n) is 12.3. The summed E-state index contributed by atoms with van der Waals surface area (Å²) < 4.78 is 100. The molecule has 0 radical (unpaired) electrons. The molecule has 1 unspecified atom stereocenters. The largest absolute Gasteiger partial charge is 0.491 e. The lowest BCUT2D eigenvalue weighted by Gasteiger charge is -2.29. The number of carbonyl (C=O) groups excluding carboxylic acids is 4. The summed E-state index contributed by atoms with van der Waals surface area (Å²) in [5, 5.41) is 4.17. The molecule has 2 amide bonds. The Bertz CT molecular complexity index is 2380. The fourth-order valence-electron chi connectivity index (χ4n) is 8.49. The molecule has 336 valence electrons. The van der Waals surface area contributed by atoms with E-state index in [0.29, 0.717) is 48.6 Å². The molecule has 62 heavy (non-hydrogen) atoms. The monoisotopic (exact) mass is 889 g/mol. The first-order valence-corrected chi connectivity index (χ1v) is 22.4. The Hall–Kier alpha value is -5.07. The molecule has 2 aromatic heterocycles. The number of amides is 2. The molecule has 1 aromatic carbocycles. The van der Waals surface area contributed by atoms with E-state index in [0.717, 1.165) is 6.20 Å². The van der Waals surface area contributed by atoms with Crippen molar-refractivity contribution in [2.45, 2.75) is 127 Å². The van der Waals surface area contributed by atoms with Crippen LogP contribution in [0.5, 0.6) is 17.4 Å². The predicted octanol–water partition coefficient (Wildman–Crippen LogP) is 6.65. The smallest absolute Gasteiger partial charge is 0.408 e. The first-order valence-electron chi connectivity index (χ1n) is 20.9. The fraction of sp³-hybridized carbons (Fsp3) is 0.581. The molecule has 4 heterocycles. The van der Waals surface area contributed by atoms with Gasteiger partial charge >= 0.3 is 6.18 Å². The Morgan fingerprint density at radius 2 is 1.85 bits per heavy atom. The summed E-state index contributed by atoms with van der Waals surface area (Å²) in [7, 11) is -2.76. The van der Waals surface area contributed by atoms with Crippen molar-refractivity contribution < 1.29 is 59.4 Å². The summed E-state index contributed by atoms with van der Waals surface area (Å²) in [6, 6.07) is 4.14. The van der Waals surface area contributed by atoms with E-state index in [4.69, 9.17) is 14.2 Å². The normalized spacial score (nSPS) is 25.9. The number of halogens is 4. The fourth-order valence-corrected chi connectivity index (χ4v) is 9.83. The lowest BCUT2D eigenvalue weighted by atomic mass is 9.90. The van der Waals surface area contributed by atoms with Gasteiger partial charge in [-0.2, -0.15) is 18.3 Å². The number of nitrogens with one attached hydrogen (secondary N) is 1. The molecule has 5 atom stereocenters. The van der Waals surface area contributed by atoms with Gasteiger partial charge in [-0.15, -0.1) is 0 Å². The average molecular weight is 890 g/mol. The summed E-state index contributed by atoms with van der Waals surface area (Å²) in [6.07, 6.45) is 1.89. The maximum absolute atomic E-state index is 14.9. The van der Waals surface area contributed by atoms with Crippen LogP contribution in [0.15, 0.2) is 42.6 Å². The number of rotatable bonds is 12. The Labute approximate surface area is 356 Å². The summed E-state index contributed by atoms with van der Waals surface area (Å²) in [5.41, 5.74) is -1.53. The minimum absolute atomic E-state index is 0.0653. The first kappa shape index (κ1) is 45.0. The van der Waals surface area contributed by atoms with Crippen LogP contribution in [-0.4, -0.2) is 94.3 Å². The standard InChI is InChI=1S/C43H51F4N5O9S/c1-25(2)60-36-20-35(29-12-13-30(44)38(59-4)37(29)48-36)61-28-19-32-34(54)22-42(40(56)50-62(57,58)41(3)15-16-41)21-27(42)11-9-7-5-6-8-10-26(39(55)52(32)23-28)18-33(53)31-14-17-51(49-31)24-43(45,46)47/h9,11-14,17,20,25-28,32H,5-8,10,15-16,18-19,21-24H2,1-4H3,(H,50,56)/b11-9-/t26-,27-,28?,32+,42-/m1/s1. The molecule has 2 aliphatic carbocycles. The summed E-state index contributed by atoms with van der Waals surface area (Å²) >= 11 is 0. The molecule has 4 aliphatic rings. The lowest BCUT2D eigenvalue weighted by molar-refractivity contribution is -0.142. The van der Waals surface area contributed by atoms with Gasteiger partial charge in [-0.1, -0.05) is 25.0 Å². The molecule has 3 aromatic rings. The van der Waals surface area contributed by atoms with Crippen LogP contribution < -0.4 is 18.9 Å². The van der Waals surface area contributed by atoms with Gasteiger partial charge in [0.05, 0.1) is 36.0 Å². The number of Topliss-reactive ketones (excluding diaryl/α,β-unsaturated/α-hetero) is 2. The number of pyridine rings is 1. The molecular formula is C43H51F4N5O9S. The van der Waals surface area contributed by atoms with Crippen molar-refractivity contribution in [3.63, 3.8) is 0 Å². The lowest BCUT2D eigenvalue weighted by Crippen LogP contribution is -2.47. The van der Waals surface area contributed by atoms with Gasteiger partial charge in [0.15, 0.2) is 23.1 Å². The number of ether oxygens (including phenoxy) is 3. The Morgan fingerprint density at radius 3 is 2.55 bits per heavy atom. The van der Waals surface area contributed by atoms with E-state index < -0.39 is 92.5 Å². The van der Waals surface area contributed by atoms with Crippen LogP contribution in [0.4, 0.5) is 17.6 Å². The number of benzene rings is 1. The van der Waals surface area contributed by atoms with Gasteiger partial charge in [0.1, 0.15) is 29.6 Å². The highest BCUT2D eigenvalue weighted by Crippen LogP contribution is 2.58. The van der Waals surface area contributed by atoms with Crippen LogP contribution >= 0.6 is 0 Å². The van der Waals surface area contributed by atoms with Crippen molar-refractivity contribution in [1.29, 1.82) is 0 Å². The SMILES string of the molecule is COc1c(F)ccc2c(OC3C[C@H]4C(=O)C[C@]5(C(=O)NS(=O)(=O)C6(C)CC6)C[C@H]5/C=C\CCCCC[C@H](CC(=O)c5ccn(CC(F)(F)F)n5)C(=O)N4C3)cc(OC(C)C)nc12. The number of aromatic nitrogens is 3. The van der Waals surface area contributed by atoms with Crippen molar-refractivity contribution >= 4 is 44.3 Å². The van der Waals surface area contributed by atoms with Crippen LogP contribution in [0.2, 0.25) is 0 Å². The number of sulfonamides is 1. The number of nitrogens with zero attached hydrogens (tertiary/aromatic N) is 4. The van der Waals surface area contributed by atoms with Gasteiger partial charge in [-0.05, 0) is 83.4 Å². The van der Waals surface area contributed by atoms with Gasteiger partial charge in [0.2, 0.25) is 27.7 Å². The number of carbonyl (C=O) groups is 4. The number of alkyl halides is 3. The van der Waals surface area contributed by atoms with E-state index in [1.165, 1.54) is 36.3 Å². The Morgan fingerprint density at radius 1 is 1.10 bits per heavy atom. The number of allylic oxidation sites excluding steroid dienone is 2. The maximum Gasteiger partial charge on any atom is 0.408 e. The van der Waals surface area contributed by atoms with Crippen LogP contribution in [0.3, 0.4) is 0 Å². The van der Waals surface area contributed by atoms with E-state index in [9.17, 15) is 45.2 Å². The Balaban J connectivity index is 1.23. The molecule has 2 saturated carbocycles. The average Bonchev–Trinajstić information content (AvgIpc) is 3.98. The van der Waals surface area contributed by atoms with Crippen molar-refractivity contribution in [1.82, 2.24) is 24.4 Å². The quantitative estimate of drug-likeness (QED) is 0.117. The predicted molar refractivity (Wildman–Crippen MR) is 216 cm³/mol. The van der Waals surface area contributed by atoms with E-state index >= 15 is 0 Å². The highest BCUT2D eigenvalue weighted by Gasteiger charge is 2.62. The topological polar surface area (TPSA) is 176 Å². The third kappa shape index (κ3) is 9.61. The number of methoxy groups -OCH3 is 1. The molecule has 1 N–H and O–H groups in total. The minimum Gasteiger partial charge on any atom is -0.491 e. The molecule has 0 spiro atoms. The third-order valence-corrected chi connectivity index (χ3v) is 14.5. The van der Waals surface area contributed by atoms with Crippen molar-refractivity contribution in [3.05, 3.63) is 54.1 Å². The second-order valence-electron chi connectivity index (χ2n) is 17.5. The molecule has 1 saturated heterocycles. The highest BCUT2D eigenvalue weighted by atomic mass is 32.2. The summed E-state index contributed by atoms with van der Waals surface area (Å²) in [6.45, 7) is 3.55. The highest BCUT2D eigenvalue weighted by molar-refractivity contribution is 7.91. The maximum atomic E-state index is 14.9. The molecule has 0 bridgehead atoms. The summed E-state index contributed by atoms with van der Waals surface area (Å²) in [5.74, 6) is -4.48. The second kappa shape index (κ2) is 17.2. The van der Waals surface area contributed by atoms with Crippen LogP contribution in [0, 0.1) is 23.1 Å². The molecule has 7 rings (SSSR count). The zero-order valence-corrected chi connectivity index (χ0v) is 35.8. The van der Waals surface area contributed by atoms with Crippen LogP contribution in [-0.2, 0) is 31.0 Å². The summed E-state index contributed by atoms with van der Waals surface area (Å²) in [4.78, 5) is 62.9. The van der Waals surface area contributed by atoms with E-state index in [2.05, 4.69) is 14.8 Å². The van der Waals surface area contributed by atoms with E-state index in [1.54, 1.807) is 20.8 Å². The molecule has 19 heteroatoms. The van der Waals surface area contributed by atoms with Gasteiger partial charge in [-0.3, -0.25) is 28.6 Å². The van der Waals surface area contributed by atoms with E-state index in [1.807, 2.05) is 12.2 Å². The van der Waals surface area contributed by atoms with Crippen LogP contribution in [0.1, 0.15) is 102 Å². The number of ketones is 2. The first-order chi connectivity index (χ1) is 29.2. The van der Waals surface area contributed by atoms with Gasteiger partial charge in [0, 0.05) is 42.8 Å². The van der Waals surface area contributed by atoms with Gasteiger partial charge in [-0.25, -0.2) is 17.8 Å². The Kier molecular flexibility index (Phi) is 12.5. The molecule has 2 aliphatic heterocycles. The molecule has 3 fully saturated rings. The van der Waals surface area contributed by atoms with Gasteiger partial charge in [0.25, 0.3) is 0 Å². The van der Waals surface area contributed by atoms with Gasteiger partial charge < -0.3 is 19.1 Å². The van der Waals surface area contributed by atoms with Crippen molar-refractivity contribution in [2.24, 2.45) is 17.3 Å². The minimum atomic E-state index is -4.57. The molecular weight excluding hydrogens is 839 g/mol. The number of hydrogen-bond acceptors (Lipinski definition) is 11. The van der Waals surface area contributed by atoms with Crippen molar-refractivity contribution in [2.75, 3.05) is 13.7 Å². The zero-order valence-electron chi connectivity index (χ0n) is 35.0.